The van der Waals surface area contributed by atoms with Crippen molar-refractivity contribution in [2.45, 2.75) is 20.0 Å². The number of anilines is 2. The normalized spacial score (nSPS) is 10.9. The molecular weight excluding hydrogens is 428 g/mol. The van der Waals surface area contributed by atoms with Gasteiger partial charge in [-0.25, -0.2) is 0 Å². The summed E-state index contributed by atoms with van der Waals surface area (Å²) in [4.78, 5) is 28.8. The summed E-state index contributed by atoms with van der Waals surface area (Å²) in [6, 6.07) is 21.7. The maximum absolute atomic E-state index is 13.2. The number of amides is 2. The molecule has 34 heavy (non-hydrogen) atoms. The second-order valence-corrected chi connectivity index (χ2v) is 8.45. The highest BCUT2D eigenvalue weighted by Crippen LogP contribution is 2.25. The van der Waals surface area contributed by atoms with E-state index in [1.807, 2.05) is 19.2 Å². The van der Waals surface area contributed by atoms with E-state index in [9.17, 15) is 14.7 Å². The number of para-hydroxylation sites is 1. The number of fused-ring (bicyclic) bond motifs is 1. The van der Waals surface area contributed by atoms with Gasteiger partial charge in [0, 0.05) is 49.2 Å². The molecule has 3 aromatic carbocycles. The van der Waals surface area contributed by atoms with Crippen molar-refractivity contribution in [2.75, 3.05) is 17.7 Å². The van der Waals surface area contributed by atoms with E-state index in [1.54, 1.807) is 47.2 Å². The highest BCUT2D eigenvalue weighted by atomic mass is 16.3. The number of carbonyl (C=O) groups is 2. The van der Waals surface area contributed by atoms with Crippen LogP contribution in [-0.2, 0) is 24.9 Å². The molecule has 0 atom stereocenters. The van der Waals surface area contributed by atoms with Crippen LogP contribution in [-0.4, -0.2) is 33.4 Å². The largest absolute Gasteiger partial charge is 0.508 e. The van der Waals surface area contributed by atoms with Gasteiger partial charge in [0.25, 0.3) is 5.91 Å². The number of aromatic nitrogens is 1. The lowest BCUT2D eigenvalue weighted by Crippen LogP contribution is -2.29. The Labute approximate surface area is 198 Å². The van der Waals surface area contributed by atoms with Crippen LogP contribution >= 0.6 is 0 Å². The molecule has 7 nitrogen and oxygen atoms in total. The first-order chi connectivity index (χ1) is 16.2. The second kappa shape index (κ2) is 9.31. The minimum atomic E-state index is -0.172. The molecule has 1 heterocycles. The van der Waals surface area contributed by atoms with E-state index in [2.05, 4.69) is 22.8 Å². The van der Waals surface area contributed by atoms with E-state index in [0.29, 0.717) is 29.0 Å². The molecular formula is C27H28N4O3. The third kappa shape index (κ3) is 4.59. The highest BCUT2D eigenvalue weighted by Gasteiger charge is 2.18. The van der Waals surface area contributed by atoms with Gasteiger partial charge in [-0.2, -0.15) is 0 Å². The highest BCUT2D eigenvalue weighted by molar-refractivity contribution is 5.95. The molecule has 0 radical (unpaired) electrons. The lowest BCUT2D eigenvalue weighted by atomic mass is 10.1. The van der Waals surface area contributed by atoms with Gasteiger partial charge in [0.05, 0.1) is 13.1 Å². The number of hydrogen-bond donors (Lipinski definition) is 2. The van der Waals surface area contributed by atoms with Crippen molar-refractivity contribution in [3.8, 4) is 5.75 Å². The van der Waals surface area contributed by atoms with Crippen molar-refractivity contribution in [3.63, 3.8) is 0 Å². The summed E-state index contributed by atoms with van der Waals surface area (Å²) in [5.41, 5.74) is 10.6. The van der Waals surface area contributed by atoms with Crippen LogP contribution in [0.1, 0.15) is 28.5 Å². The Kier molecular flexibility index (Phi) is 6.27. The minimum Gasteiger partial charge on any atom is -0.508 e. The van der Waals surface area contributed by atoms with Gasteiger partial charge in [0.15, 0.2) is 0 Å². The maximum Gasteiger partial charge on any atom is 0.253 e. The van der Waals surface area contributed by atoms with E-state index in [1.165, 1.54) is 19.1 Å². The average molecular weight is 457 g/mol. The van der Waals surface area contributed by atoms with Crippen LogP contribution in [0.4, 0.5) is 11.4 Å². The van der Waals surface area contributed by atoms with Crippen LogP contribution in [0.3, 0.4) is 0 Å². The molecule has 7 heteroatoms. The Morgan fingerprint density at radius 2 is 1.68 bits per heavy atom. The lowest BCUT2D eigenvalue weighted by molar-refractivity contribution is -0.116. The molecule has 4 aromatic rings. The van der Waals surface area contributed by atoms with Gasteiger partial charge in [0.1, 0.15) is 5.75 Å². The van der Waals surface area contributed by atoms with Crippen molar-refractivity contribution in [1.82, 2.24) is 9.47 Å². The number of hydrogen-bond acceptors (Lipinski definition) is 4. The van der Waals surface area contributed by atoms with Gasteiger partial charge in [-0.05, 0) is 65.5 Å². The van der Waals surface area contributed by atoms with Gasteiger partial charge >= 0.3 is 0 Å². The molecule has 0 aliphatic carbocycles. The zero-order chi connectivity index (χ0) is 24.4. The molecule has 0 fully saturated rings. The third-order valence-electron chi connectivity index (χ3n) is 6.06. The second-order valence-electron chi connectivity index (χ2n) is 8.45. The zero-order valence-electron chi connectivity index (χ0n) is 19.5. The predicted octanol–water partition coefficient (Wildman–Crippen LogP) is 4.29. The number of nitrogen functional groups attached to an aromatic ring is 1. The molecule has 1 aromatic heterocycles. The minimum absolute atomic E-state index is 0.119. The smallest absolute Gasteiger partial charge is 0.253 e. The lowest BCUT2D eigenvalue weighted by Gasteiger charge is -2.23. The fourth-order valence-electron chi connectivity index (χ4n) is 4.10. The molecule has 0 saturated carbocycles. The van der Waals surface area contributed by atoms with Gasteiger partial charge in [-0.3, -0.25) is 9.59 Å². The first kappa shape index (κ1) is 22.9. The number of phenolic OH excluding ortho intramolecular Hbond substituents is 1. The molecule has 3 N–H and O–H groups in total. The van der Waals surface area contributed by atoms with Crippen molar-refractivity contribution >= 4 is 34.1 Å². The molecule has 0 spiro atoms. The topological polar surface area (TPSA) is 91.8 Å². The summed E-state index contributed by atoms with van der Waals surface area (Å²) < 4.78 is 2.09. The standard InChI is InChI=1S/C27H28N4O3/c1-18(32)31(22-9-11-24(33)12-10-22)16-21-14-20(8-13-25(21)28)27(34)29(2)17-23-15-19-6-4-5-7-26(19)30(23)3/h4-15,33H,16-17,28H2,1-3H3. The molecule has 0 unspecified atom stereocenters. The summed E-state index contributed by atoms with van der Waals surface area (Å²) in [6.07, 6.45) is 0. The van der Waals surface area contributed by atoms with Gasteiger partial charge in [-0.1, -0.05) is 18.2 Å². The van der Waals surface area contributed by atoms with E-state index < -0.39 is 0 Å². The summed E-state index contributed by atoms with van der Waals surface area (Å²) in [5, 5.41) is 10.7. The van der Waals surface area contributed by atoms with E-state index >= 15 is 0 Å². The van der Waals surface area contributed by atoms with Gasteiger partial charge in [0.2, 0.25) is 5.91 Å². The molecule has 0 bridgehead atoms. The average Bonchev–Trinajstić information content (AvgIpc) is 3.13. The van der Waals surface area contributed by atoms with Crippen molar-refractivity contribution in [3.05, 3.63) is 89.6 Å². The quantitative estimate of drug-likeness (QED) is 0.424. The molecule has 2 amide bonds. The van der Waals surface area contributed by atoms with Crippen molar-refractivity contribution in [2.24, 2.45) is 7.05 Å². The van der Waals surface area contributed by atoms with Gasteiger partial charge < -0.3 is 25.2 Å². The predicted molar refractivity (Wildman–Crippen MR) is 135 cm³/mol. The van der Waals surface area contributed by atoms with Gasteiger partial charge in [-0.15, -0.1) is 0 Å². The Bertz CT molecular complexity index is 1360. The van der Waals surface area contributed by atoms with Crippen LogP contribution in [0.2, 0.25) is 0 Å². The van der Waals surface area contributed by atoms with Crippen LogP contribution in [0.25, 0.3) is 10.9 Å². The first-order valence-electron chi connectivity index (χ1n) is 11.0. The first-order valence-corrected chi connectivity index (χ1v) is 11.0. The number of aryl methyl sites for hydroxylation is 1. The van der Waals surface area contributed by atoms with Crippen molar-refractivity contribution in [1.29, 1.82) is 0 Å². The van der Waals surface area contributed by atoms with Crippen LogP contribution in [0.15, 0.2) is 72.8 Å². The van der Waals surface area contributed by atoms with Crippen LogP contribution < -0.4 is 10.6 Å². The number of benzene rings is 3. The summed E-state index contributed by atoms with van der Waals surface area (Å²) >= 11 is 0. The number of phenols is 1. The summed E-state index contributed by atoms with van der Waals surface area (Å²) in [5.74, 6) is -0.186. The molecule has 174 valence electrons. The molecule has 4 rings (SSSR count). The molecule has 0 aliphatic rings. The molecule has 0 saturated heterocycles. The number of nitrogens with zero attached hydrogens (tertiary/aromatic N) is 3. The Morgan fingerprint density at radius 3 is 2.35 bits per heavy atom. The number of aromatic hydroxyl groups is 1. The number of carbonyl (C=O) groups excluding carboxylic acids is 2. The molecule has 0 aliphatic heterocycles. The summed E-state index contributed by atoms with van der Waals surface area (Å²) in [7, 11) is 3.77. The SMILES string of the molecule is CC(=O)N(Cc1cc(C(=O)N(C)Cc2cc3ccccc3n2C)ccc1N)c1ccc(O)cc1. The maximum atomic E-state index is 13.2. The number of rotatable bonds is 6. The third-order valence-corrected chi connectivity index (χ3v) is 6.06. The van der Waals surface area contributed by atoms with Crippen LogP contribution in [0, 0.1) is 0 Å². The van der Waals surface area contributed by atoms with Crippen molar-refractivity contribution < 1.29 is 14.7 Å². The Hall–Kier alpha value is -4.26. The summed E-state index contributed by atoms with van der Waals surface area (Å²) in [6.45, 7) is 2.13. The van der Waals surface area contributed by atoms with E-state index in [4.69, 9.17) is 5.73 Å². The fraction of sp³-hybridized carbons (Fsp3) is 0.185. The Morgan fingerprint density at radius 1 is 0.971 bits per heavy atom. The number of nitrogens with two attached hydrogens (primary N) is 1. The zero-order valence-corrected chi connectivity index (χ0v) is 19.5. The Balaban J connectivity index is 1.56. The van der Waals surface area contributed by atoms with E-state index in [0.717, 1.165) is 16.6 Å². The van der Waals surface area contributed by atoms with E-state index in [-0.39, 0.29) is 24.1 Å². The monoisotopic (exact) mass is 456 g/mol. The fourth-order valence-corrected chi connectivity index (χ4v) is 4.10. The van der Waals surface area contributed by atoms with Crippen LogP contribution in [0.5, 0.6) is 5.75 Å².